The molecule has 1 aromatic carbocycles. The zero-order valence-corrected chi connectivity index (χ0v) is 16.8. The van der Waals surface area contributed by atoms with Gasteiger partial charge in [0.1, 0.15) is 0 Å². The number of anilines is 1. The highest BCUT2D eigenvalue weighted by atomic mass is 79.9. The lowest BCUT2D eigenvalue weighted by molar-refractivity contribution is -0.131. The van der Waals surface area contributed by atoms with Crippen molar-refractivity contribution in [2.24, 2.45) is 0 Å². The van der Waals surface area contributed by atoms with E-state index >= 15 is 0 Å². The SMILES string of the molecule is Cc1nn(CCC(=O)N2CCN(c3ccc(Cl)cc3)CC2)c(C)c1Br. The molecule has 3 rings (SSSR count). The highest BCUT2D eigenvalue weighted by molar-refractivity contribution is 9.10. The van der Waals surface area contributed by atoms with E-state index in [0.717, 1.165) is 52.7 Å². The Morgan fingerprint density at radius 2 is 1.80 bits per heavy atom. The quantitative estimate of drug-likeness (QED) is 0.751. The number of halogens is 2. The highest BCUT2D eigenvalue weighted by Gasteiger charge is 2.21. The molecule has 1 amide bonds. The Morgan fingerprint density at radius 3 is 2.36 bits per heavy atom. The fourth-order valence-electron chi connectivity index (χ4n) is 3.12. The molecule has 0 aliphatic carbocycles. The fraction of sp³-hybridized carbons (Fsp3) is 0.444. The van der Waals surface area contributed by atoms with Gasteiger partial charge < -0.3 is 9.80 Å². The molecule has 1 aromatic heterocycles. The molecule has 2 heterocycles. The lowest BCUT2D eigenvalue weighted by Crippen LogP contribution is -2.49. The minimum atomic E-state index is 0.194. The Labute approximate surface area is 161 Å². The molecule has 0 atom stereocenters. The molecule has 0 bridgehead atoms. The van der Waals surface area contributed by atoms with Gasteiger partial charge in [-0.15, -0.1) is 0 Å². The molecule has 0 spiro atoms. The Bertz CT molecular complexity index is 751. The van der Waals surface area contributed by atoms with Crippen LogP contribution in [0.2, 0.25) is 5.02 Å². The second kappa shape index (κ2) is 7.79. The summed E-state index contributed by atoms with van der Waals surface area (Å²) in [4.78, 5) is 16.7. The molecule has 7 heteroatoms. The van der Waals surface area contributed by atoms with Gasteiger partial charge in [-0.1, -0.05) is 11.6 Å². The molecule has 1 aliphatic rings. The molecule has 1 aliphatic heterocycles. The Hall–Kier alpha value is -1.53. The van der Waals surface area contributed by atoms with Crippen molar-refractivity contribution in [2.45, 2.75) is 26.8 Å². The van der Waals surface area contributed by atoms with Crippen LogP contribution in [0.15, 0.2) is 28.7 Å². The molecule has 0 unspecified atom stereocenters. The van der Waals surface area contributed by atoms with Crippen molar-refractivity contribution in [3.8, 4) is 0 Å². The van der Waals surface area contributed by atoms with Crippen LogP contribution in [0.4, 0.5) is 5.69 Å². The van der Waals surface area contributed by atoms with E-state index in [1.807, 2.05) is 47.7 Å². The number of hydrogen-bond donors (Lipinski definition) is 0. The Morgan fingerprint density at radius 1 is 1.16 bits per heavy atom. The van der Waals surface area contributed by atoms with Gasteiger partial charge in [0.2, 0.25) is 5.91 Å². The van der Waals surface area contributed by atoms with Crippen LogP contribution in [0.25, 0.3) is 0 Å². The van der Waals surface area contributed by atoms with Crippen LogP contribution in [0.3, 0.4) is 0 Å². The monoisotopic (exact) mass is 424 g/mol. The van der Waals surface area contributed by atoms with E-state index in [1.165, 1.54) is 0 Å². The maximum Gasteiger partial charge on any atom is 0.224 e. The molecule has 25 heavy (non-hydrogen) atoms. The largest absolute Gasteiger partial charge is 0.368 e. The average Bonchev–Trinajstić information content (AvgIpc) is 2.87. The summed E-state index contributed by atoms with van der Waals surface area (Å²) in [6, 6.07) is 7.86. The summed E-state index contributed by atoms with van der Waals surface area (Å²) in [5.41, 5.74) is 3.18. The topological polar surface area (TPSA) is 41.4 Å². The summed E-state index contributed by atoms with van der Waals surface area (Å²) in [5, 5.41) is 5.21. The Kier molecular flexibility index (Phi) is 5.69. The first-order valence-corrected chi connectivity index (χ1v) is 9.60. The van der Waals surface area contributed by atoms with Crippen molar-refractivity contribution in [1.82, 2.24) is 14.7 Å². The predicted molar refractivity (Wildman–Crippen MR) is 104 cm³/mol. The fourth-order valence-corrected chi connectivity index (χ4v) is 3.53. The second-order valence-electron chi connectivity index (χ2n) is 6.30. The molecule has 0 radical (unpaired) electrons. The van der Waals surface area contributed by atoms with Crippen molar-refractivity contribution in [2.75, 3.05) is 31.1 Å². The van der Waals surface area contributed by atoms with E-state index < -0.39 is 0 Å². The number of rotatable bonds is 4. The number of benzene rings is 1. The highest BCUT2D eigenvalue weighted by Crippen LogP contribution is 2.21. The summed E-state index contributed by atoms with van der Waals surface area (Å²) < 4.78 is 2.93. The van der Waals surface area contributed by atoms with Gasteiger partial charge in [-0.3, -0.25) is 9.48 Å². The summed E-state index contributed by atoms with van der Waals surface area (Å²) >= 11 is 9.47. The minimum Gasteiger partial charge on any atom is -0.368 e. The minimum absolute atomic E-state index is 0.194. The first kappa shape index (κ1) is 18.3. The molecule has 1 fully saturated rings. The van der Waals surface area contributed by atoms with Gasteiger partial charge in [0, 0.05) is 49.0 Å². The van der Waals surface area contributed by atoms with Gasteiger partial charge in [0.25, 0.3) is 0 Å². The van der Waals surface area contributed by atoms with Crippen LogP contribution >= 0.6 is 27.5 Å². The summed E-state index contributed by atoms with van der Waals surface area (Å²) in [6.07, 6.45) is 0.481. The van der Waals surface area contributed by atoms with Gasteiger partial charge in [-0.05, 0) is 54.0 Å². The van der Waals surface area contributed by atoms with Gasteiger partial charge in [-0.25, -0.2) is 0 Å². The average molecular weight is 426 g/mol. The maximum atomic E-state index is 12.5. The van der Waals surface area contributed by atoms with E-state index in [0.29, 0.717) is 13.0 Å². The number of aromatic nitrogens is 2. The van der Waals surface area contributed by atoms with Crippen LogP contribution in [0.1, 0.15) is 17.8 Å². The van der Waals surface area contributed by atoms with Gasteiger partial charge in [0.05, 0.1) is 16.7 Å². The molecule has 1 saturated heterocycles. The normalized spacial score (nSPS) is 14.9. The van der Waals surface area contributed by atoms with Gasteiger partial charge in [-0.2, -0.15) is 5.10 Å². The third-order valence-corrected chi connectivity index (χ3v) is 6.05. The zero-order chi connectivity index (χ0) is 18.0. The maximum absolute atomic E-state index is 12.5. The number of aryl methyl sites for hydroxylation is 2. The van der Waals surface area contributed by atoms with Crippen LogP contribution in [-0.4, -0.2) is 46.8 Å². The van der Waals surface area contributed by atoms with Crippen molar-refractivity contribution < 1.29 is 4.79 Å². The third kappa shape index (κ3) is 4.18. The van der Waals surface area contributed by atoms with Crippen molar-refractivity contribution in [1.29, 1.82) is 0 Å². The van der Waals surface area contributed by atoms with Gasteiger partial charge in [0.15, 0.2) is 0 Å². The van der Waals surface area contributed by atoms with E-state index in [1.54, 1.807) is 0 Å². The van der Waals surface area contributed by atoms with Gasteiger partial charge >= 0.3 is 0 Å². The molecular weight excluding hydrogens is 404 g/mol. The Balaban J connectivity index is 1.51. The molecule has 134 valence electrons. The second-order valence-corrected chi connectivity index (χ2v) is 7.53. The lowest BCUT2D eigenvalue weighted by Gasteiger charge is -2.36. The van der Waals surface area contributed by atoms with Crippen molar-refractivity contribution in [3.05, 3.63) is 45.1 Å². The number of carbonyl (C=O) groups excluding carboxylic acids is 1. The van der Waals surface area contributed by atoms with Crippen LogP contribution in [0, 0.1) is 13.8 Å². The van der Waals surface area contributed by atoms with Crippen molar-refractivity contribution >= 4 is 39.1 Å². The number of piperazine rings is 1. The van der Waals surface area contributed by atoms with E-state index in [9.17, 15) is 4.79 Å². The lowest BCUT2D eigenvalue weighted by atomic mass is 10.2. The van der Waals surface area contributed by atoms with Crippen LogP contribution < -0.4 is 4.90 Å². The van der Waals surface area contributed by atoms with E-state index in [4.69, 9.17) is 11.6 Å². The first-order chi connectivity index (χ1) is 12.0. The molecule has 2 aromatic rings. The number of hydrogen-bond acceptors (Lipinski definition) is 3. The third-order valence-electron chi connectivity index (χ3n) is 4.65. The van der Waals surface area contributed by atoms with E-state index in [2.05, 4.69) is 25.9 Å². The molecular formula is C18H22BrClN4O. The number of carbonyl (C=O) groups is 1. The molecule has 0 saturated carbocycles. The standard InChI is InChI=1S/C18H22BrClN4O/c1-13-18(19)14(2)24(21-13)8-7-17(25)23-11-9-22(10-12-23)16-5-3-15(20)4-6-16/h3-6H,7-12H2,1-2H3. The van der Waals surface area contributed by atoms with Crippen molar-refractivity contribution in [3.63, 3.8) is 0 Å². The number of nitrogens with zero attached hydrogens (tertiary/aromatic N) is 4. The molecule has 5 nitrogen and oxygen atoms in total. The van der Waals surface area contributed by atoms with Crippen LogP contribution in [-0.2, 0) is 11.3 Å². The first-order valence-electron chi connectivity index (χ1n) is 8.43. The summed E-state index contributed by atoms with van der Waals surface area (Å²) in [7, 11) is 0. The smallest absolute Gasteiger partial charge is 0.224 e. The summed E-state index contributed by atoms with van der Waals surface area (Å²) in [5.74, 6) is 0.194. The van der Waals surface area contributed by atoms with Crippen LogP contribution in [0.5, 0.6) is 0 Å². The van der Waals surface area contributed by atoms with E-state index in [-0.39, 0.29) is 5.91 Å². The zero-order valence-electron chi connectivity index (χ0n) is 14.5. The number of amides is 1. The molecule has 0 N–H and O–H groups in total. The predicted octanol–water partition coefficient (Wildman–Crippen LogP) is 3.65. The summed E-state index contributed by atoms with van der Waals surface area (Å²) in [6.45, 7) is 7.79.